The second-order valence-corrected chi connectivity index (χ2v) is 6.84. The second-order valence-electron chi connectivity index (χ2n) is 6.84. The van der Waals surface area contributed by atoms with Gasteiger partial charge in [0.05, 0.1) is 24.1 Å². The van der Waals surface area contributed by atoms with E-state index in [4.69, 9.17) is 0 Å². The Morgan fingerprint density at radius 1 is 0.923 bits per heavy atom. The Labute approximate surface area is 153 Å². The van der Waals surface area contributed by atoms with Crippen molar-refractivity contribution in [2.45, 2.75) is 32.0 Å². The highest BCUT2D eigenvalue weighted by atomic mass is 16.3. The molecule has 1 N–H and O–H groups in total. The Hall–Kier alpha value is -2.66. The van der Waals surface area contributed by atoms with E-state index in [0.717, 1.165) is 11.1 Å². The van der Waals surface area contributed by atoms with Gasteiger partial charge >= 0.3 is 6.03 Å². The molecule has 2 aromatic rings. The Morgan fingerprint density at radius 3 is 1.85 bits per heavy atom. The molecule has 2 aromatic carbocycles. The van der Waals surface area contributed by atoms with Crippen LogP contribution in [0.4, 0.5) is 4.79 Å². The molecule has 4 atom stereocenters. The number of aliphatic hydroxyl groups excluding tert-OH is 1. The zero-order chi connectivity index (χ0) is 18.8. The number of aliphatic hydroxyl groups is 1. The molecule has 0 spiro atoms. The number of imide groups is 1. The molecule has 5 heteroatoms. The summed E-state index contributed by atoms with van der Waals surface area (Å²) in [5, 5.41) is 9.87. The quantitative estimate of drug-likeness (QED) is 0.918. The monoisotopic (exact) mass is 352 g/mol. The van der Waals surface area contributed by atoms with Crippen LogP contribution in [0.25, 0.3) is 0 Å². The smallest absolute Gasteiger partial charge is 0.327 e. The van der Waals surface area contributed by atoms with Crippen molar-refractivity contribution in [1.82, 2.24) is 9.80 Å². The number of likely N-dealkylation sites (N-methyl/N-ethyl adjacent to an activating group) is 1. The van der Waals surface area contributed by atoms with E-state index in [9.17, 15) is 14.7 Å². The number of nitrogens with zero attached hydrogens (tertiary/aromatic N) is 2. The highest BCUT2D eigenvalue weighted by Crippen LogP contribution is 2.44. The number of hydrogen-bond acceptors (Lipinski definition) is 3. The van der Waals surface area contributed by atoms with Gasteiger partial charge in [0.2, 0.25) is 5.91 Å². The zero-order valence-corrected chi connectivity index (χ0v) is 15.2. The summed E-state index contributed by atoms with van der Waals surface area (Å²) >= 11 is 0. The topological polar surface area (TPSA) is 60.9 Å². The molecule has 3 amide bonds. The third-order valence-corrected chi connectivity index (χ3v) is 5.14. The summed E-state index contributed by atoms with van der Waals surface area (Å²) in [5.74, 6) is -1.02. The molecule has 0 unspecified atom stereocenters. The van der Waals surface area contributed by atoms with Gasteiger partial charge in [-0.05, 0) is 18.1 Å². The summed E-state index contributed by atoms with van der Waals surface area (Å²) in [5.41, 5.74) is 1.86. The first-order chi connectivity index (χ1) is 12.4. The fraction of sp³-hybridized carbons (Fsp3) is 0.333. The van der Waals surface area contributed by atoms with Crippen molar-refractivity contribution < 1.29 is 14.7 Å². The maximum absolute atomic E-state index is 13.0. The van der Waals surface area contributed by atoms with Gasteiger partial charge in [-0.1, -0.05) is 67.6 Å². The molecule has 1 heterocycles. The van der Waals surface area contributed by atoms with E-state index < -0.39 is 18.1 Å². The SMILES string of the molecule is C[C@H](O)[C@H](C)C(=O)N1C(=O)N(C)[C@H](c2ccccc2)[C@H]1c1ccccc1. The fourth-order valence-corrected chi connectivity index (χ4v) is 3.46. The third kappa shape index (κ3) is 3.10. The van der Waals surface area contributed by atoms with Crippen molar-refractivity contribution in [2.75, 3.05) is 7.05 Å². The van der Waals surface area contributed by atoms with Gasteiger partial charge in [-0.3, -0.25) is 9.69 Å². The van der Waals surface area contributed by atoms with Gasteiger partial charge in [-0.2, -0.15) is 0 Å². The van der Waals surface area contributed by atoms with Crippen LogP contribution in [-0.4, -0.2) is 40.0 Å². The molecule has 0 aliphatic carbocycles. The predicted molar refractivity (Wildman–Crippen MR) is 99.2 cm³/mol. The molecule has 1 aliphatic heterocycles. The molecule has 0 saturated carbocycles. The van der Waals surface area contributed by atoms with Gasteiger partial charge < -0.3 is 10.0 Å². The van der Waals surface area contributed by atoms with E-state index in [1.54, 1.807) is 25.8 Å². The lowest BCUT2D eigenvalue weighted by Crippen LogP contribution is -2.42. The summed E-state index contributed by atoms with van der Waals surface area (Å²) in [4.78, 5) is 28.9. The summed E-state index contributed by atoms with van der Waals surface area (Å²) in [6.07, 6.45) is -0.826. The van der Waals surface area contributed by atoms with Crippen molar-refractivity contribution in [3.05, 3.63) is 71.8 Å². The lowest BCUT2D eigenvalue weighted by Gasteiger charge is -2.29. The van der Waals surface area contributed by atoms with Crippen molar-refractivity contribution in [3.8, 4) is 0 Å². The number of rotatable bonds is 4. The first-order valence-electron chi connectivity index (χ1n) is 8.81. The maximum atomic E-state index is 13.0. The molecule has 1 aliphatic rings. The van der Waals surface area contributed by atoms with Crippen molar-refractivity contribution in [3.63, 3.8) is 0 Å². The molecular weight excluding hydrogens is 328 g/mol. The van der Waals surface area contributed by atoms with Crippen LogP contribution in [0.15, 0.2) is 60.7 Å². The Morgan fingerprint density at radius 2 is 1.38 bits per heavy atom. The van der Waals surface area contributed by atoms with E-state index in [0.29, 0.717) is 0 Å². The van der Waals surface area contributed by atoms with E-state index >= 15 is 0 Å². The van der Waals surface area contributed by atoms with Crippen LogP contribution in [-0.2, 0) is 4.79 Å². The Bertz CT molecular complexity index is 776. The lowest BCUT2D eigenvalue weighted by molar-refractivity contribution is -0.136. The highest BCUT2D eigenvalue weighted by molar-refractivity contribution is 5.98. The van der Waals surface area contributed by atoms with Crippen molar-refractivity contribution in [1.29, 1.82) is 0 Å². The van der Waals surface area contributed by atoms with Crippen LogP contribution in [0.3, 0.4) is 0 Å². The lowest BCUT2D eigenvalue weighted by atomic mass is 9.92. The maximum Gasteiger partial charge on any atom is 0.327 e. The predicted octanol–water partition coefficient (Wildman–Crippen LogP) is 3.38. The summed E-state index contributed by atoms with van der Waals surface area (Å²) in [7, 11) is 1.72. The highest BCUT2D eigenvalue weighted by Gasteiger charge is 2.49. The first-order valence-corrected chi connectivity index (χ1v) is 8.81. The fourth-order valence-electron chi connectivity index (χ4n) is 3.46. The van der Waals surface area contributed by atoms with Crippen molar-refractivity contribution in [2.24, 2.45) is 5.92 Å². The summed E-state index contributed by atoms with van der Waals surface area (Å²) in [6, 6.07) is 18.2. The summed E-state index contributed by atoms with van der Waals surface area (Å²) in [6.45, 7) is 3.22. The van der Waals surface area contributed by atoms with Gasteiger partial charge in [0, 0.05) is 7.05 Å². The van der Waals surface area contributed by atoms with Crippen molar-refractivity contribution >= 4 is 11.9 Å². The van der Waals surface area contributed by atoms with Gasteiger partial charge in [-0.25, -0.2) is 4.79 Å². The number of amides is 3. The number of urea groups is 1. The number of benzene rings is 2. The van der Waals surface area contributed by atoms with Gasteiger partial charge in [0.25, 0.3) is 0 Å². The van der Waals surface area contributed by atoms with Crippen LogP contribution in [0.2, 0.25) is 0 Å². The molecule has 0 aromatic heterocycles. The van der Waals surface area contributed by atoms with Gasteiger partial charge in [0.1, 0.15) is 0 Å². The molecular formula is C21H24N2O3. The molecule has 3 rings (SSSR count). The van der Waals surface area contributed by atoms with E-state index in [-0.39, 0.29) is 18.0 Å². The van der Waals surface area contributed by atoms with E-state index in [1.807, 2.05) is 60.7 Å². The number of carbonyl (C=O) groups is 2. The van der Waals surface area contributed by atoms with Crippen LogP contribution >= 0.6 is 0 Å². The number of carbonyl (C=O) groups excluding carboxylic acids is 2. The first kappa shape index (κ1) is 18.1. The number of hydrogen-bond donors (Lipinski definition) is 1. The average molecular weight is 352 g/mol. The zero-order valence-electron chi connectivity index (χ0n) is 15.2. The third-order valence-electron chi connectivity index (χ3n) is 5.14. The minimum atomic E-state index is -0.826. The summed E-state index contributed by atoms with van der Waals surface area (Å²) < 4.78 is 0. The van der Waals surface area contributed by atoms with Crippen LogP contribution < -0.4 is 0 Å². The molecule has 136 valence electrons. The molecule has 1 fully saturated rings. The minimum absolute atomic E-state index is 0.281. The molecule has 5 nitrogen and oxygen atoms in total. The van der Waals surface area contributed by atoms with Crippen LogP contribution in [0.5, 0.6) is 0 Å². The molecule has 0 radical (unpaired) electrons. The Balaban J connectivity index is 2.11. The Kier molecular flexibility index (Phi) is 5.09. The standard InChI is InChI=1S/C21H24N2O3/c1-14(15(2)24)20(25)23-19(17-12-8-5-9-13-17)18(22(3)21(23)26)16-10-6-4-7-11-16/h4-15,18-19,24H,1-3H3/t14-,15-,18+,19+/m0/s1. The van der Waals surface area contributed by atoms with Crippen LogP contribution in [0.1, 0.15) is 37.1 Å². The normalized spacial score (nSPS) is 22.4. The van der Waals surface area contributed by atoms with E-state index in [1.165, 1.54) is 4.90 Å². The average Bonchev–Trinajstić information content (AvgIpc) is 2.93. The van der Waals surface area contributed by atoms with E-state index in [2.05, 4.69) is 0 Å². The molecule has 1 saturated heterocycles. The molecule has 26 heavy (non-hydrogen) atoms. The largest absolute Gasteiger partial charge is 0.393 e. The van der Waals surface area contributed by atoms with Crippen LogP contribution in [0, 0.1) is 5.92 Å². The minimum Gasteiger partial charge on any atom is -0.393 e. The molecule has 0 bridgehead atoms. The second kappa shape index (κ2) is 7.30. The van der Waals surface area contributed by atoms with Gasteiger partial charge in [-0.15, -0.1) is 0 Å². The van der Waals surface area contributed by atoms with Gasteiger partial charge in [0.15, 0.2) is 0 Å².